The number of carbonyl (C=O) groups is 2. The van der Waals surface area contributed by atoms with Gasteiger partial charge in [-0.3, -0.25) is 4.79 Å². The second kappa shape index (κ2) is 10.2. The molecular weight excluding hydrogens is 388 g/mol. The van der Waals surface area contributed by atoms with Crippen LogP contribution >= 0.6 is 11.6 Å². The maximum atomic E-state index is 11.8. The average Bonchev–Trinajstić information content (AvgIpc) is 2.68. The third kappa shape index (κ3) is 6.17. The summed E-state index contributed by atoms with van der Waals surface area (Å²) in [5, 5.41) is 13.4. The molecule has 28 heavy (non-hydrogen) atoms. The summed E-state index contributed by atoms with van der Waals surface area (Å²) < 4.78 is 15.9. The van der Waals surface area contributed by atoms with Crippen LogP contribution in [0.3, 0.4) is 0 Å². The lowest BCUT2D eigenvalue weighted by Crippen LogP contribution is -2.25. The molecule has 0 unspecified atom stereocenters. The second-order valence-corrected chi connectivity index (χ2v) is 5.95. The molecule has 2 aromatic carbocycles. The van der Waals surface area contributed by atoms with E-state index in [9.17, 15) is 9.59 Å². The molecule has 0 aliphatic heterocycles. The van der Waals surface area contributed by atoms with Gasteiger partial charge in [-0.25, -0.2) is 10.2 Å². The molecule has 0 saturated carbocycles. The SMILES string of the molecule is COc1cccc(/C=N\NC(=O)COc2ccc(Cl)cc2)c1O[C@@H](C)C(=O)O. The van der Waals surface area contributed by atoms with Gasteiger partial charge in [0.05, 0.1) is 13.3 Å². The molecule has 0 aliphatic rings. The molecule has 0 spiro atoms. The minimum atomic E-state index is -1.12. The van der Waals surface area contributed by atoms with E-state index >= 15 is 0 Å². The molecule has 0 bridgehead atoms. The summed E-state index contributed by atoms with van der Waals surface area (Å²) in [6.07, 6.45) is 0.234. The van der Waals surface area contributed by atoms with E-state index < -0.39 is 18.0 Å². The molecule has 0 aromatic heterocycles. The number of aliphatic carboxylic acids is 1. The molecule has 2 aromatic rings. The summed E-state index contributed by atoms with van der Waals surface area (Å²) in [5.74, 6) is -0.559. The highest BCUT2D eigenvalue weighted by Crippen LogP contribution is 2.31. The van der Waals surface area contributed by atoms with Gasteiger partial charge in [0.1, 0.15) is 5.75 Å². The van der Waals surface area contributed by atoms with Gasteiger partial charge < -0.3 is 19.3 Å². The maximum Gasteiger partial charge on any atom is 0.344 e. The summed E-state index contributed by atoms with van der Waals surface area (Å²) in [4.78, 5) is 22.9. The predicted octanol–water partition coefficient (Wildman–Crippen LogP) is 2.73. The Bertz CT molecular complexity index is 854. The fourth-order valence-corrected chi connectivity index (χ4v) is 2.16. The Morgan fingerprint density at radius 1 is 1.25 bits per heavy atom. The first-order valence-electron chi connectivity index (χ1n) is 8.17. The number of amides is 1. The minimum Gasteiger partial charge on any atom is -0.493 e. The summed E-state index contributed by atoms with van der Waals surface area (Å²) in [6.45, 7) is 1.15. The third-order valence-electron chi connectivity index (χ3n) is 3.45. The number of halogens is 1. The zero-order chi connectivity index (χ0) is 20.5. The topological polar surface area (TPSA) is 106 Å². The first kappa shape index (κ1) is 21.0. The Kier molecular flexibility index (Phi) is 7.65. The number of nitrogens with one attached hydrogen (secondary N) is 1. The first-order valence-corrected chi connectivity index (χ1v) is 8.55. The van der Waals surface area contributed by atoms with Crippen LogP contribution in [0.4, 0.5) is 0 Å². The minimum absolute atomic E-state index is 0.204. The average molecular weight is 407 g/mol. The number of methoxy groups -OCH3 is 1. The van der Waals surface area contributed by atoms with E-state index in [1.54, 1.807) is 42.5 Å². The molecule has 2 N–H and O–H groups in total. The lowest BCUT2D eigenvalue weighted by molar-refractivity contribution is -0.144. The second-order valence-electron chi connectivity index (χ2n) is 5.51. The van der Waals surface area contributed by atoms with Gasteiger partial charge >= 0.3 is 5.97 Å². The molecule has 2 rings (SSSR count). The predicted molar refractivity (Wildman–Crippen MR) is 103 cm³/mol. The molecule has 0 radical (unpaired) electrons. The molecule has 9 heteroatoms. The van der Waals surface area contributed by atoms with Crippen LogP contribution in [-0.4, -0.2) is 43.0 Å². The van der Waals surface area contributed by atoms with Crippen molar-refractivity contribution in [2.45, 2.75) is 13.0 Å². The van der Waals surface area contributed by atoms with Crippen molar-refractivity contribution in [1.29, 1.82) is 0 Å². The van der Waals surface area contributed by atoms with E-state index in [1.165, 1.54) is 20.2 Å². The van der Waals surface area contributed by atoms with Crippen molar-refractivity contribution in [2.24, 2.45) is 5.10 Å². The van der Waals surface area contributed by atoms with Crippen LogP contribution in [0.15, 0.2) is 47.6 Å². The molecule has 1 atom stereocenters. The monoisotopic (exact) mass is 406 g/mol. The number of ether oxygens (including phenoxy) is 3. The summed E-state index contributed by atoms with van der Waals surface area (Å²) in [5.41, 5.74) is 2.76. The fourth-order valence-electron chi connectivity index (χ4n) is 2.03. The van der Waals surface area contributed by atoms with Crippen LogP contribution in [0.1, 0.15) is 12.5 Å². The van der Waals surface area contributed by atoms with Gasteiger partial charge in [-0.15, -0.1) is 0 Å². The van der Waals surface area contributed by atoms with Crippen molar-refractivity contribution in [2.75, 3.05) is 13.7 Å². The Morgan fingerprint density at radius 3 is 2.61 bits per heavy atom. The largest absolute Gasteiger partial charge is 0.493 e. The first-order chi connectivity index (χ1) is 13.4. The number of carboxylic acid groups (broad SMARTS) is 1. The molecule has 0 heterocycles. The van der Waals surface area contributed by atoms with E-state index in [-0.39, 0.29) is 12.4 Å². The fraction of sp³-hybridized carbons (Fsp3) is 0.211. The molecule has 8 nitrogen and oxygen atoms in total. The van der Waals surface area contributed by atoms with E-state index in [2.05, 4.69) is 10.5 Å². The number of benzene rings is 2. The van der Waals surface area contributed by atoms with Crippen LogP contribution in [0.25, 0.3) is 0 Å². The van der Waals surface area contributed by atoms with E-state index in [4.69, 9.17) is 30.9 Å². The van der Waals surface area contributed by atoms with Crippen molar-refractivity contribution in [3.8, 4) is 17.2 Å². The maximum absolute atomic E-state index is 11.8. The number of hydrazone groups is 1. The molecule has 0 saturated heterocycles. The molecule has 148 valence electrons. The number of nitrogens with zero attached hydrogens (tertiary/aromatic N) is 1. The highest BCUT2D eigenvalue weighted by Gasteiger charge is 2.18. The van der Waals surface area contributed by atoms with Gasteiger partial charge in [0.15, 0.2) is 24.2 Å². The lowest BCUT2D eigenvalue weighted by Gasteiger charge is -2.15. The van der Waals surface area contributed by atoms with Crippen molar-refractivity contribution in [3.05, 3.63) is 53.1 Å². The molecular formula is C19H19ClN2O6. The van der Waals surface area contributed by atoms with Gasteiger partial charge in [0.25, 0.3) is 5.91 Å². The van der Waals surface area contributed by atoms with Gasteiger partial charge in [-0.2, -0.15) is 5.10 Å². The van der Waals surface area contributed by atoms with E-state index in [0.29, 0.717) is 22.1 Å². The van der Waals surface area contributed by atoms with Crippen molar-refractivity contribution < 1.29 is 28.9 Å². The highest BCUT2D eigenvalue weighted by atomic mass is 35.5. The Balaban J connectivity index is 1.99. The van der Waals surface area contributed by atoms with Crippen molar-refractivity contribution in [1.82, 2.24) is 5.43 Å². The van der Waals surface area contributed by atoms with E-state index in [1.807, 2.05) is 0 Å². The van der Waals surface area contributed by atoms with Crippen LogP contribution in [0.5, 0.6) is 17.2 Å². The Labute approximate surface area is 166 Å². The molecule has 1 amide bonds. The number of carbonyl (C=O) groups excluding carboxylic acids is 1. The number of carboxylic acids is 1. The smallest absolute Gasteiger partial charge is 0.344 e. The van der Waals surface area contributed by atoms with E-state index in [0.717, 1.165) is 0 Å². The number of rotatable bonds is 9. The molecule has 0 aliphatic carbocycles. The quantitative estimate of drug-likeness (QED) is 0.490. The van der Waals surface area contributed by atoms with Gasteiger partial charge in [-0.1, -0.05) is 17.7 Å². The molecule has 0 fully saturated rings. The van der Waals surface area contributed by atoms with Crippen LogP contribution in [0, 0.1) is 0 Å². The zero-order valence-electron chi connectivity index (χ0n) is 15.2. The lowest BCUT2D eigenvalue weighted by atomic mass is 10.2. The van der Waals surface area contributed by atoms with Crippen LogP contribution in [0.2, 0.25) is 5.02 Å². The van der Waals surface area contributed by atoms with Crippen LogP contribution < -0.4 is 19.6 Å². The standard InChI is InChI=1S/C19H19ClN2O6/c1-12(19(24)25)28-18-13(4-3-5-16(18)26-2)10-21-22-17(23)11-27-15-8-6-14(20)7-9-15/h3-10,12H,11H2,1-2H3,(H,22,23)(H,24,25)/b21-10-/t12-/m0/s1. The Morgan fingerprint density at radius 2 is 1.96 bits per heavy atom. The summed E-state index contributed by atoms with van der Waals surface area (Å²) >= 11 is 5.78. The van der Waals surface area contributed by atoms with Gasteiger partial charge in [-0.05, 0) is 43.3 Å². The normalized spacial score (nSPS) is 11.7. The van der Waals surface area contributed by atoms with Crippen LogP contribution in [-0.2, 0) is 9.59 Å². The van der Waals surface area contributed by atoms with Gasteiger partial charge in [0.2, 0.25) is 0 Å². The highest BCUT2D eigenvalue weighted by molar-refractivity contribution is 6.30. The zero-order valence-corrected chi connectivity index (χ0v) is 16.0. The number of hydrogen-bond donors (Lipinski definition) is 2. The third-order valence-corrected chi connectivity index (χ3v) is 3.70. The Hall–Kier alpha value is -3.26. The number of hydrogen-bond acceptors (Lipinski definition) is 6. The van der Waals surface area contributed by atoms with Gasteiger partial charge in [0, 0.05) is 10.6 Å². The van der Waals surface area contributed by atoms with Crippen molar-refractivity contribution in [3.63, 3.8) is 0 Å². The number of para-hydroxylation sites is 1. The summed E-state index contributed by atoms with van der Waals surface area (Å²) in [7, 11) is 1.43. The summed E-state index contributed by atoms with van der Waals surface area (Å²) in [6, 6.07) is 11.5. The van der Waals surface area contributed by atoms with Crippen molar-refractivity contribution >= 4 is 29.7 Å².